The molecule has 0 spiro atoms. The predicted molar refractivity (Wildman–Crippen MR) is 61.0 cm³/mol. The van der Waals surface area contributed by atoms with Gasteiger partial charge in [0.15, 0.2) is 0 Å². The molecule has 0 aliphatic heterocycles. The van der Waals surface area contributed by atoms with Crippen LogP contribution in [0.25, 0.3) is 0 Å². The average molecular weight is 217 g/mol. The summed E-state index contributed by atoms with van der Waals surface area (Å²) in [6.07, 6.45) is 5.20. The molecule has 2 rings (SSSR count). The summed E-state index contributed by atoms with van der Waals surface area (Å²) in [6.45, 7) is 4.84. The molecule has 4 nitrogen and oxygen atoms in total. The monoisotopic (exact) mass is 217 g/mol. The van der Waals surface area contributed by atoms with Crippen molar-refractivity contribution >= 4 is 0 Å². The predicted octanol–water partition coefficient (Wildman–Crippen LogP) is 2.08. The van der Waals surface area contributed by atoms with E-state index in [1.54, 1.807) is 18.7 Å². The number of aromatic nitrogens is 2. The normalized spacial score (nSPS) is 12.6. The first kappa shape index (κ1) is 10.8. The van der Waals surface area contributed by atoms with Crippen LogP contribution in [0.4, 0.5) is 0 Å². The van der Waals surface area contributed by atoms with Crippen LogP contribution in [0.5, 0.6) is 0 Å². The molecule has 1 unspecified atom stereocenters. The van der Waals surface area contributed by atoms with E-state index in [1.165, 1.54) is 0 Å². The quantitative estimate of drug-likeness (QED) is 0.851. The summed E-state index contributed by atoms with van der Waals surface area (Å²) in [4.78, 5) is 8.53. The van der Waals surface area contributed by atoms with Gasteiger partial charge in [0.2, 0.25) is 0 Å². The third-order valence-corrected chi connectivity index (χ3v) is 2.38. The minimum absolute atomic E-state index is 0.0745. The highest BCUT2D eigenvalue weighted by Crippen LogP contribution is 2.20. The maximum absolute atomic E-state index is 5.11. The molecule has 0 radical (unpaired) electrons. The Hall–Kier alpha value is -1.68. The van der Waals surface area contributed by atoms with Gasteiger partial charge in [-0.05, 0) is 25.6 Å². The van der Waals surface area contributed by atoms with Gasteiger partial charge >= 0.3 is 0 Å². The van der Waals surface area contributed by atoms with Crippen LogP contribution in [0.15, 0.2) is 35.3 Å². The van der Waals surface area contributed by atoms with Crippen molar-refractivity contribution in [3.05, 3.63) is 47.9 Å². The smallest absolute Gasteiger partial charge is 0.125 e. The van der Waals surface area contributed by atoms with Crippen LogP contribution in [0.2, 0.25) is 0 Å². The molecule has 0 saturated carbocycles. The van der Waals surface area contributed by atoms with Gasteiger partial charge in [0, 0.05) is 11.8 Å². The Morgan fingerprint density at radius 1 is 1.44 bits per heavy atom. The number of hydrogen-bond donors (Lipinski definition) is 1. The number of nitrogens with zero attached hydrogens (tertiary/aromatic N) is 2. The zero-order valence-corrected chi connectivity index (χ0v) is 9.47. The minimum atomic E-state index is 0.0745. The lowest BCUT2D eigenvalue weighted by atomic mass is 10.1. The topological polar surface area (TPSA) is 51.0 Å². The number of nitrogens with one attached hydrogen (secondary N) is 1. The van der Waals surface area contributed by atoms with Crippen molar-refractivity contribution < 1.29 is 4.42 Å². The van der Waals surface area contributed by atoms with E-state index in [-0.39, 0.29) is 6.04 Å². The maximum Gasteiger partial charge on any atom is 0.125 e. The van der Waals surface area contributed by atoms with E-state index in [2.05, 4.69) is 22.2 Å². The number of rotatable bonds is 4. The molecular weight excluding hydrogens is 202 g/mol. The Morgan fingerprint density at radius 3 is 2.94 bits per heavy atom. The molecule has 4 heteroatoms. The fourth-order valence-corrected chi connectivity index (χ4v) is 1.67. The summed E-state index contributed by atoms with van der Waals surface area (Å²) in [5.41, 5.74) is 2.05. The van der Waals surface area contributed by atoms with Gasteiger partial charge < -0.3 is 9.73 Å². The Morgan fingerprint density at radius 2 is 2.31 bits per heavy atom. The molecule has 84 valence electrons. The second kappa shape index (κ2) is 4.90. The summed E-state index contributed by atoms with van der Waals surface area (Å²) >= 11 is 0. The Labute approximate surface area is 94.7 Å². The largest absolute Gasteiger partial charge is 0.472 e. The lowest BCUT2D eigenvalue weighted by Crippen LogP contribution is -2.22. The molecule has 0 aromatic carbocycles. The van der Waals surface area contributed by atoms with Crippen LogP contribution in [0.1, 0.15) is 30.0 Å². The fourth-order valence-electron chi connectivity index (χ4n) is 1.67. The summed E-state index contributed by atoms with van der Waals surface area (Å²) in [7, 11) is 0. The highest BCUT2D eigenvalue weighted by atomic mass is 16.3. The van der Waals surface area contributed by atoms with E-state index < -0.39 is 0 Å². The number of aryl methyl sites for hydroxylation is 1. The average Bonchev–Trinajstić information content (AvgIpc) is 2.79. The van der Waals surface area contributed by atoms with E-state index >= 15 is 0 Å². The SMILES string of the molecule is CCNC(c1ccoc1)c1ccnc(C)n1. The van der Waals surface area contributed by atoms with Crippen LogP contribution in [0, 0.1) is 6.92 Å². The molecule has 2 aromatic heterocycles. The first-order valence-corrected chi connectivity index (χ1v) is 5.36. The van der Waals surface area contributed by atoms with Gasteiger partial charge in [0.05, 0.1) is 24.3 Å². The standard InChI is InChI=1S/C12H15N3O/c1-3-13-12(10-5-7-16-8-10)11-4-6-14-9(2)15-11/h4-8,12-13H,3H2,1-2H3. The second-order valence-electron chi connectivity index (χ2n) is 3.58. The lowest BCUT2D eigenvalue weighted by molar-refractivity contribution is 0.550. The molecule has 2 heterocycles. The molecule has 0 aliphatic rings. The second-order valence-corrected chi connectivity index (χ2v) is 3.58. The van der Waals surface area contributed by atoms with Crippen molar-refractivity contribution in [1.82, 2.24) is 15.3 Å². The third-order valence-electron chi connectivity index (χ3n) is 2.38. The van der Waals surface area contributed by atoms with Crippen molar-refractivity contribution in [2.75, 3.05) is 6.54 Å². The van der Waals surface area contributed by atoms with Crippen LogP contribution < -0.4 is 5.32 Å². The maximum atomic E-state index is 5.11. The Kier molecular flexibility index (Phi) is 3.31. The lowest BCUT2D eigenvalue weighted by Gasteiger charge is -2.15. The third kappa shape index (κ3) is 2.28. The highest BCUT2D eigenvalue weighted by Gasteiger charge is 2.15. The highest BCUT2D eigenvalue weighted by molar-refractivity contribution is 5.23. The zero-order chi connectivity index (χ0) is 11.4. The van der Waals surface area contributed by atoms with E-state index in [0.29, 0.717) is 0 Å². The molecule has 0 saturated heterocycles. The number of furan rings is 1. The van der Waals surface area contributed by atoms with Crippen LogP contribution in [0.3, 0.4) is 0 Å². The van der Waals surface area contributed by atoms with E-state index in [0.717, 1.165) is 23.6 Å². The van der Waals surface area contributed by atoms with Gasteiger partial charge in [0.25, 0.3) is 0 Å². The van der Waals surface area contributed by atoms with E-state index in [9.17, 15) is 0 Å². The summed E-state index contributed by atoms with van der Waals surface area (Å²) in [6, 6.07) is 3.95. The molecule has 16 heavy (non-hydrogen) atoms. The van der Waals surface area contributed by atoms with Crippen molar-refractivity contribution in [3.63, 3.8) is 0 Å². The van der Waals surface area contributed by atoms with Crippen molar-refractivity contribution in [1.29, 1.82) is 0 Å². The molecule has 1 atom stereocenters. The summed E-state index contributed by atoms with van der Waals surface area (Å²) < 4.78 is 5.11. The summed E-state index contributed by atoms with van der Waals surface area (Å²) in [5.74, 6) is 0.781. The Balaban J connectivity index is 2.33. The van der Waals surface area contributed by atoms with Gasteiger partial charge in [-0.2, -0.15) is 0 Å². The van der Waals surface area contributed by atoms with Crippen molar-refractivity contribution in [2.45, 2.75) is 19.9 Å². The molecular formula is C12H15N3O. The molecule has 0 aliphatic carbocycles. The van der Waals surface area contributed by atoms with Crippen molar-refractivity contribution in [3.8, 4) is 0 Å². The molecule has 0 bridgehead atoms. The molecule has 0 amide bonds. The van der Waals surface area contributed by atoms with Crippen molar-refractivity contribution in [2.24, 2.45) is 0 Å². The molecule has 0 fully saturated rings. The van der Waals surface area contributed by atoms with Crippen LogP contribution in [-0.2, 0) is 0 Å². The summed E-state index contributed by atoms with van der Waals surface area (Å²) in [5, 5.41) is 3.38. The number of hydrogen-bond acceptors (Lipinski definition) is 4. The van der Waals surface area contributed by atoms with Gasteiger partial charge in [0.1, 0.15) is 5.82 Å². The molecule has 1 N–H and O–H groups in total. The van der Waals surface area contributed by atoms with Crippen LogP contribution >= 0.6 is 0 Å². The zero-order valence-electron chi connectivity index (χ0n) is 9.47. The van der Waals surface area contributed by atoms with Crippen LogP contribution in [-0.4, -0.2) is 16.5 Å². The van der Waals surface area contributed by atoms with Gasteiger partial charge in [-0.3, -0.25) is 0 Å². The minimum Gasteiger partial charge on any atom is -0.472 e. The van der Waals surface area contributed by atoms with E-state index in [1.807, 2.05) is 19.1 Å². The first-order chi connectivity index (χ1) is 7.81. The van der Waals surface area contributed by atoms with Gasteiger partial charge in [-0.25, -0.2) is 9.97 Å². The Bertz CT molecular complexity index is 439. The van der Waals surface area contributed by atoms with Gasteiger partial charge in [-0.15, -0.1) is 0 Å². The molecule has 2 aromatic rings. The van der Waals surface area contributed by atoms with Gasteiger partial charge in [-0.1, -0.05) is 6.92 Å². The van der Waals surface area contributed by atoms with E-state index in [4.69, 9.17) is 4.42 Å². The first-order valence-electron chi connectivity index (χ1n) is 5.36. The fraction of sp³-hybridized carbons (Fsp3) is 0.333.